The van der Waals surface area contributed by atoms with Crippen LogP contribution in [-0.2, 0) is 14.3 Å². The Morgan fingerprint density at radius 3 is 2.50 bits per heavy atom. The summed E-state index contributed by atoms with van der Waals surface area (Å²) in [5, 5.41) is 18.3. The summed E-state index contributed by atoms with van der Waals surface area (Å²) >= 11 is 0. The second-order valence-corrected chi connectivity index (χ2v) is 5.86. The van der Waals surface area contributed by atoms with E-state index in [0.717, 1.165) is 12.8 Å². The van der Waals surface area contributed by atoms with Crippen molar-refractivity contribution in [2.75, 3.05) is 0 Å². The number of nitrogens with two attached hydrogens (primary N) is 1. The van der Waals surface area contributed by atoms with Crippen molar-refractivity contribution in [3.05, 3.63) is 0 Å². The van der Waals surface area contributed by atoms with E-state index in [2.05, 4.69) is 0 Å². The fourth-order valence-electron chi connectivity index (χ4n) is 3.52. The van der Waals surface area contributed by atoms with Crippen LogP contribution in [0.15, 0.2) is 0 Å². The molecule has 2 saturated carbocycles. The van der Waals surface area contributed by atoms with Gasteiger partial charge in [-0.1, -0.05) is 13.3 Å². The lowest BCUT2D eigenvalue weighted by Gasteiger charge is -2.33. The largest absolute Gasteiger partial charge is 0.480 e. The molecule has 0 amide bonds. The Labute approximate surface area is 116 Å². The molecule has 4 unspecified atom stereocenters. The van der Waals surface area contributed by atoms with Crippen molar-refractivity contribution in [2.45, 2.75) is 56.5 Å². The zero-order valence-electron chi connectivity index (χ0n) is 11.5. The predicted octanol–water partition coefficient (Wildman–Crippen LogP) is 0.785. The second-order valence-electron chi connectivity index (χ2n) is 5.86. The highest BCUT2D eigenvalue weighted by Gasteiger charge is 2.85. The molecule has 0 aromatic heterocycles. The molecule has 114 valence electrons. The van der Waals surface area contributed by atoms with Gasteiger partial charge < -0.3 is 20.7 Å². The van der Waals surface area contributed by atoms with Crippen molar-refractivity contribution in [2.24, 2.45) is 17.6 Å². The van der Waals surface area contributed by atoms with Gasteiger partial charge in [-0.25, -0.2) is 9.18 Å². The zero-order valence-corrected chi connectivity index (χ0v) is 11.5. The van der Waals surface area contributed by atoms with Crippen LogP contribution in [0.3, 0.4) is 0 Å². The van der Waals surface area contributed by atoms with Gasteiger partial charge in [0.05, 0.1) is 12.2 Å². The molecule has 0 spiro atoms. The van der Waals surface area contributed by atoms with Gasteiger partial charge in [0, 0.05) is 11.8 Å². The molecule has 20 heavy (non-hydrogen) atoms. The average molecular weight is 289 g/mol. The lowest BCUT2D eigenvalue weighted by Crippen LogP contribution is -2.61. The highest BCUT2D eigenvalue weighted by atomic mass is 19.1. The molecular weight excluding hydrogens is 269 g/mol. The third-order valence-electron chi connectivity index (χ3n) is 4.59. The molecule has 6 atom stereocenters. The Kier molecular flexibility index (Phi) is 3.54. The summed E-state index contributed by atoms with van der Waals surface area (Å²) < 4.78 is 19.9. The van der Waals surface area contributed by atoms with Gasteiger partial charge in [-0.2, -0.15) is 0 Å². The highest BCUT2D eigenvalue weighted by Crippen LogP contribution is 2.67. The van der Waals surface area contributed by atoms with Crippen molar-refractivity contribution < 1.29 is 28.9 Å². The van der Waals surface area contributed by atoms with Gasteiger partial charge in [-0.05, 0) is 19.8 Å². The molecule has 0 radical (unpaired) electrons. The number of hydrogen-bond acceptors (Lipinski definition) is 4. The fourth-order valence-corrected chi connectivity index (χ4v) is 3.52. The molecule has 0 heterocycles. The van der Waals surface area contributed by atoms with E-state index in [4.69, 9.17) is 15.6 Å². The third kappa shape index (κ3) is 1.83. The summed E-state index contributed by atoms with van der Waals surface area (Å²) in [5.74, 6) is -5.13. The number of halogens is 1. The van der Waals surface area contributed by atoms with Crippen LogP contribution < -0.4 is 5.73 Å². The summed E-state index contributed by atoms with van der Waals surface area (Å²) in [5.41, 5.74) is 1.36. The number of hydrogen-bond donors (Lipinski definition) is 3. The molecule has 0 saturated heterocycles. The molecule has 6 nitrogen and oxygen atoms in total. The first kappa shape index (κ1) is 15.2. The minimum absolute atomic E-state index is 0.0321. The van der Waals surface area contributed by atoms with Gasteiger partial charge in [0.1, 0.15) is 5.54 Å². The molecule has 2 rings (SSSR count). The number of carboxylic acid groups (broad SMARTS) is 2. The predicted molar refractivity (Wildman–Crippen MR) is 66.9 cm³/mol. The number of rotatable bonds is 6. The minimum atomic E-state index is -2.53. The van der Waals surface area contributed by atoms with Crippen LogP contribution in [0, 0.1) is 11.8 Å². The van der Waals surface area contributed by atoms with Crippen molar-refractivity contribution in [1.29, 1.82) is 0 Å². The molecule has 0 bridgehead atoms. The quantitative estimate of drug-likeness (QED) is 0.666. The normalized spacial score (nSPS) is 43.9. The van der Waals surface area contributed by atoms with Gasteiger partial charge in [-0.3, -0.25) is 4.79 Å². The van der Waals surface area contributed by atoms with Gasteiger partial charge in [0.15, 0.2) is 0 Å². The first-order chi connectivity index (χ1) is 9.20. The van der Waals surface area contributed by atoms with Gasteiger partial charge >= 0.3 is 11.9 Å². The maximum Gasteiger partial charge on any atom is 0.342 e. The number of fused-ring (bicyclic) bond motifs is 1. The summed E-state index contributed by atoms with van der Waals surface area (Å²) in [6, 6.07) is 0. The highest BCUT2D eigenvalue weighted by molar-refractivity contribution is 5.90. The van der Waals surface area contributed by atoms with E-state index in [9.17, 15) is 19.1 Å². The molecular formula is C13H20FNO5. The Bertz CT molecular complexity index is 444. The first-order valence-corrected chi connectivity index (χ1v) is 6.80. The van der Waals surface area contributed by atoms with Crippen LogP contribution >= 0.6 is 0 Å². The van der Waals surface area contributed by atoms with E-state index >= 15 is 0 Å². The number of ether oxygens (including phenoxy) is 1. The molecule has 7 heteroatoms. The van der Waals surface area contributed by atoms with E-state index in [1.807, 2.05) is 6.92 Å². The Balaban J connectivity index is 2.19. The smallest absolute Gasteiger partial charge is 0.342 e. The molecule has 2 aliphatic carbocycles. The van der Waals surface area contributed by atoms with Crippen LogP contribution in [0.2, 0.25) is 0 Å². The average Bonchev–Trinajstić information content (AvgIpc) is 2.81. The molecule has 0 aromatic rings. The van der Waals surface area contributed by atoms with Gasteiger partial charge in [-0.15, -0.1) is 0 Å². The van der Waals surface area contributed by atoms with Crippen molar-refractivity contribution in [3.63, 3.8) is 0 Å². The Morgan fingerprint density at radius 2 is 2.05 bits per heavy atom. The van der Waals surface area contributed by atoms with Crippen LogP contribution in [0.25, 0.3) is 0 Å². The van der Waals surface area contributed by atoms with Crippen LogP contribution in [0.4, 0.5) is 4.39 Å². The second kappa shape index (κ2) is 4.66. The summed E-state index contributed by atoms with van der Waals surface area (Å²) in [6.07, 6.45) is 0.599. The van der Waals surface area contributed by atoms with Crippen molar-refractivity contribution in [1.82, 2.24) is 0 Å². The summed E-state index contributed by atoms with van der Waals surface area (Å²) in [7, 11) is 0. The van der Waals surface area contributed by atoms with E-state index in [-0.39, 0.29) is 12.5 Å². The topological polar surface area (TPSA) is 110 Å². The van der Waals surface area contributed by atoms with Crippen LogP contribution in [0.5, 0.6) is 0 Å². The zero-order chi connectivity index (χ0) is 15.3. The summed E-state index contributed by atoms with van der Waals surface area (Å²) in [4.78, 5) is 22.4. The molecule has 0 aromatic carbocycles. The van der Waals surface area contributed by atoms with Crippen molar-refractivity contribution in [3.8, 4) is 0 Å². The van der Waals surface area contributed by atoms with E-state index in [1.54, 1.807) is 6.92 Å². The number of carboxylic acids is 2. The van der Waals surface area contributed by atoms with Gasteiger partial charge in [0.25, 0.3) is 0 Å². The van der Waals surface area contributed by atoms with E-state index in [0.29, 0.717) is 0 Å². The van der Waals surface area contributed by atoms with Crippen LogP contribution in [-0.4, -0.2) is 45.6 Å². The Morgan fingerprint density at radius 1 is 1.45 bits per heavy atom. The van der Waals surface area contributed by atoms with E-state index < -0.39 is 41.1 Å². The van der Waals surface area contributed by atoms with Crippen LogP contribution in [0.1, 0.15) is 33.1 Å². The molecule has 2 fully saturated rings. The summed E-state index contributed by atoms with van der Waals surface area (Å²) in [6.45, 7) is 3.77. The monoisotopic (exact) mass is 289 g/mol. The standard InChI is InChI=1S/C13H20FNO5/c1-3-4-6(2)20-8-5-7-9(12(7,14)10(16)17)13(8,15)11(18)19/h6-9H,3-5,15H2,1-2H3,(H,16,17)(H,18,19)/t6?,7?,8?,9?,12-,13+/m1/s1. The molecule has 0 aliphatic heterocycles. The Hall–Kier alpha value is -1.21. The molecule has 4 N–H and O–H groups in total. The van der Waals surface area contributed by atoms with E-state index in [1.165, 1.54) is 0 Å². The third-order valence-corrected chi connectivity index (χ3v) is 4.59. The van der Waals surface area contributed by atoms with Gasteiger partial charge in [0.2, 0.25) is 5.67 Å². The lowest BCUT2D eigenvalue weighted by molar-refractivity contribution is -0.158. The fraction of sp³-hybridized carbons (Fsp3) is 0.846. The first-order valence-electron chi connectivity index (χ1n) is 6.80. The van der Waals surface area contributed by atoms with Crippen molar-refractivity contribution >= 4 is 11.9 Å². The number of alkyl halides is 1. The minimum Gasteiger partial charge on any atom is -0.480 e. The lowest BCUT2D eigenvalue weighted by atomic mass is 9.87. The molecule has 2 aliphatic rings. The maximum absolute atomic E-state index is 14.2. The number of aliphatic carboxylic acids is 2. The SMILES string of the molecule is CCCC(C)OC1CC2C([C@]1(N)C(=O)O)[C@@]2(F)C(=O)O. The maximum atomic E-state index is 14.2. The number of carbonyl (C=O) groups is 2.